The summed E-state index contributed by atoms with van der Waals surface area (Å²) in [5, 5.41) is 15.1. The van der Waals surface area contributed by atoms with E-state index in [4.69, 9.17) is 11.6 Å². The third kappa shape index (κ3) is 3.27. The molecule has 0 aliphatic heterocycles. The van der Waals surface area contributed by atoms with Crippen LogP contribution in [0.2, 0.25) is 5.15 Å². The van der Waals surface area contributed by atoms with Gasteiger partial charge in [-0.15, -0.1) is 0 Å². The van der Waals surface area contributed by atoms with Gasteiger partial charge >= 0.3 is 6.09 Å². The number of imidazole rings is 1. The van der Waals surface area contributed by atoms with Crippen molar-refractivity contribution in [3.05, 3.63) is 81.6 Å². The Hall–Kier alpha value is -3.58. The average Bonchev–Trinajstić information content (AvgIpc) is 3.11. The fourth-order valence-electron chi connectivity index (χ4n) is 4.24. The van der Waals surface area contributed by atoms with E-state index in [1.54, 1.807) is 4.52 Å². The molecule has 4 aromatic rings. The van der Waals surface area contributed by atoms with E-state index in [9.17, 15) is 14.7 Å². The molecule has 5 rings (SSSR count). The molecule has 3 N–H and O–H groups in total. The van der Waals surface area contributed by atoms with Crippen molar-refractivity contribution >= 4 is 23.3 Å². The number of benzene rings is 2. The smallest absolute Gasteiger partial charge is 0.405 e. The molecule has 0 saturated heterocycles. The molecule has 1 aliphatic rings. The minimum Gasteiger partial charge on any atom is -0.465 e. The number of fused-ring (bicyclic) bond motifs is 1. The summed E-state index contributed by atoms with van der Waals surface area (Å²) in [6, 6.07) is 18.6. The standard InChI is InChI=1S/C23H19ClN4O3/c24-18-13-17(29)21-25-19(20(28(21)27-18)15-5-2-1-3-6-15)14-7-9-16(10-8-14)23(11-4-12-23)26-22(30)31/h1-3,5-10,13,26-27H,4,11-12H2,(H,30,31). The first kappa shape index (κ1) is 19.4. The molecule has 7 nitrogen and oxygen atoms in total. The molecule has 1 fully saturated rings. The summed E-state index contributed by atoms with van der Waals surface area (Å²) in [6.45, 7) is 0. The first-order valence-electron chi connectivity index (χ1n) is 9.96. The number of H-pyrrole nitrogens is 1. The molecular formula is C23H19ClN4O3. The van der Waals surface area contributed by atoms with Crippen LogP contribution in [-0.2, 0) is 5.54 Å². The van der Waals surface area contributed by atoms with Crippen LogP contribution in [-0.4, -0.2) is 25.8 Å². The van der Waals surface area contributed by atoms with Gasteiger partial charge in [0.15, 0.2) is 0 Å². The molecule has 0 unspecified atom stereocenters. The zero-order valence-electron chi connectivity index (χ0n) is 16.4. The lowest BCUT2D eigenvalue weighted by atomic mass is 9.72. The normalized spacial score (nSPS) is 14.9. The molecule has 2 heterocycles. The molecule has 0 bridgehead atoms. The highest BCUT2D eigenvalue weighted by atomic mass is 35.5. The van der Waals surface area contributed by atoms with Crippen molar-refractivity contribution in [3.63, 3.8) is 0 Å². The Kier molecular flexibility index (Phi) is 4.55. The lowest BCUT2D eigenvalue weighted by molar-refractivity contribution is 0.144. The molecular weight excluding hydrogens is 416 g/mol. The topological polar surface area (TPSA) is 99.5 Å². The van der Waals surface area contributed by atoms with Gasteiger partial charge in [-0.25, -0.2) is 14.3 Å². The van der Waals surface area contributed by atoms with Crippen LogP contribution in [0.1, 0.15) is 24.8 Å². The number of carboxylic acid groups (broad SMARTS) is 1. The van der Waals surface area contributed by atoms with E-state index in [1.165, 1.54) is 6.07 Å². The molecule has 8 heteroatoms. The second-order valence-electron chi connectivity index (χ2n) is 7.75. The third-order valence-electron chi connectivity index (χ3n) is 5.89. The average molecular weight is 435 g/mol. The van der Waals surface area contributed by atoms with Crippen molar-refractivity contribution in [1.82, 2.24) is 19.9 Å². The molecule has 0 atom stereocenters. The van der Waals surface area contributed by atoms with Crippen molar-refractivity contribution < 1.29 is 9.90 Å². The minimum atomic E-state index is -1.02. The summed E-state index contributed by atoms with van der Waals surface area (Å²) in [5.74, 6) is 0. The number of hydrogen-bond donors (Lipinski definition) is 3. The van der Waals surface area contributed by atoms with Gasteiger partial charge in [-0.05, 0) is 24.8 Å². The Bertz CT molecular complexity index is 1340. The molecule has 2 aromatic heterocycles. The zero-order valence-corrected chi connectivity index (χ0v) is 17.2. The zero-order chi connectivity index (χ0) is 21.6. The number of rotatable bonds is 4. The van der Waals surface area contributed by atoms with Crippen LogP contribution in [0.3, 0.4) is 0 Å². The van der Waals surface area contributed by atoms with Crippen LogP contribution in [0.5, 0.6) is 0 Å². The molecule has 1 amide bonds. The van der Waals surface area contributed by atoms with Gasteiger partial charge in [-0.1, -0.05) is 66.2 Å². The predicted octanol–water partition coefficient (Wildman–Crippen LogP) is 4.66. The van der Waals surface area contributed by atoms with E-state index in [1.807, 2.05) is 54.6 Å². The summed E-state index contributed by atoms with van der Waals surface area (Å²) in [6.07, 6.45) is 1.51. The minimum absolute atomic E-state index is 0.223. The van der Waals surface area contributed by atoms with Crippen LogP contribution < -0.4 is 10.7 Å². The lowest BCUT2D eigenvalue weighted by Gasteiger charge is -2.42. The van der Waals surface area contributed by atoms with E-state index in [0.717, 1.165) is 41.6 Å². The SMILES string of the molecule is O=C(O)NC1(c2ccc(-c3nc4c(=O)cc(Cl)[nH]n4c3-c3ccccc3)cc2)CCC1. The Balaban J connectivity index is 1.66. The van der Waals surface area contributed by atoms with E-state index < -0.39 is 11.6 Å². The quantitative estimate of drug-likeness (QED) is 0.435. The Morgan fingerprint density at radius 1 is 1.10 bits per heavy atom. The second kappa shape index (κ2) is 7.28. The predicted molar refractivity (Wildman–Crippen MR) is 118 cm³/mol. The van der Waals surface area contributed by atoms with Gasteiger partial charge in [0, 0.05) is 17.2 Å². The summed E-state index contributed by atoms with van der Waals surface area (Å²) in [5.41, 5.74) is 3.44. The van der Waals surface area contributed by atoms with E-state index >= 15 is 0 Å². The van der Waals surface area contributed by atoms with Crippen LogP contribution >= 0.6 is 11.6 Å². The molecule has 0 spiro atoms. The molecule has 156 valence electrons. The Morgan fingerprint density at radius 2 is 1.81 bits per heavy atom. The molecule has 31 heavy (non-hydrogen) atoms. The van der Waals surface area contributed by atoms with Crippen molar-refractivity contribution in [2.24, 2.45) is 0 Å². The van der Waals surface area contributed by atoms with Gasteiger partial charge in [-0.3, -0.25) is 9.89 Å². The van der Waals surface area contributed by atoms with Gasteiger partial charge in [0.2, 0.25) is 11.1 Å². The lowest BCUT2D eigenvalue weighted by Crippen LogP contribution is -2.50. The summed E-state index contributed by atoms with van der Waals surface area (Å²) < 4.78 is 1.61. The second-order valence-corrected chi connectivity index (χ2v) is 8.15. The van der Waals surface area contributed by atoms with Gasteiger partial charge < -0.3 is 10.4 Å². The van der Waals surface area contributed by atoms with Gasteiger partial charge in [-0.2, -0.15) is 0 Å². The van der Waals surface area contributed by atoms with Crippen LogP contribution in [0.25, 0.3) is 28.2 Å². The Labute approximate surface area is 182 Å². The molecule has 1 aliphatic carbocycles. The fraction of sp³-hybridized carbons (Fsp3) is 0.174. The summed E-state index contributed by atoms with van der Waals surface area (Å²) >= 11 is 6.11. The largest absolute Gasteiger partial charge is 0.465 e. The number of aromatic nitrogens is 3. The fourth-order valence-corrected chi connectivity index (χ4v) is 4.43. The third-order valence-corrected chi connectivity index (χ3v) is 6.08. The summed E-state index contributed by atoms with van der Waals surface area (Å²) in [7, 11) is 0. The van der Waals surface area contributed by atoms with E-state index in [0.29, 0.717) is 5.69 Å². The monoisotopic (exact) mass is 434 g/mol. The maximum Gasteiger partial charge on any atom is 0.405 e. The molecule has 0 radical (unpaired) electrons. The highest BCUT2D eigenvalue weighted by molar-refractivity contribution is 6.29. The first-order chi connectivity index (χ1) is 15.0. The van der Waals surface area contributed by atoms with Gasteiger partial charge in [0.25, 0.3) is 0 Å². The number of amides is 1. The highest BCUT2D eigenvalue weighted by Gasteiger charge is 2.40. The number of carbonyl (C=O) groups is 1. The van der Waals surface area contributed by atoms with Gasteiger partial charge in [0.1, 0.15) is 5.15 Å². The van der Waals surface area contributed by atoms with Crippen LogP contribution in [0.4, 0.5) is 4.79 Å². The number of nitrogens with zero attached hydrogens (tertiary/aromatic N) is 2. The number of halogens is 1. The van der Waals surface area contributed by atoms with E-state index in [2.05, 4.69) is 15.4 Å². The van der Waals surface area contributed by atoms with Crippen molar-refractivity contribution in [2.45, 2.75) is 24.8 Å². The maximum absolute atomic E-state index is 12.5. The van der Waals surface area contributed by atoms with E-state index in [-0.39, 0.29) is 16.2 Å². The Morgan fingerprint density at radius 3 is 2.42 bits per heavy atom. The van der Waals surface area contributed by atoms with Crippen molar-refractivity contribution in [1.29, 1.82) is 0 Å². The number of hydrogen-bond acceptors (Lipinski definition) is 3. The van der Waals surface area contributed by atoms with Crippen molar-refractivity contribution in [3.8, 4) is 22.5 Å². The maximum atomic E-state index is 12.5. The van der Waals surface area contributed by atoms with Crippen LogP contribution in [0.15, 0.2) is 65.5 Å². The molecule has 1 saturated carbocycles. The van der Waals surface area contributed by atoms with Gasteiger partial charge in [0.05, 0.1) is 16.9 Å². The van der Waals surface area contributed by atoms with Crippen LogP contribution in [0, 0.1) is 0 Å². The van der Waals surface area contributed by atoms with Crippen molar-refractivity contribution in [2.75, 3.05) is 0 Å². The first-order valence-corrected chi connectivity index (χ1v) is 10.3. The summed E-state index contributed by atoms with van der Waals surface area (Å²) in [4.78, 5) is 28.4. The molecule has 2 aromatic carbocycles. The number of nitrogens with one attached hydrogen (secondary N) is 2. The number of aromatic amines is 1. The highest BCUT2D eigenvalue weighted by Crippen LogP contribution is 2.42.